The van der Waals surface area contributed by atoms with Gasteiger partial charge >= 0.3 is 0 Å². The van der Waals surface area contributed by atoms with Crippen LogP contribution in [0.25, 0.3) is 0 Å². The second kappa shape index (κ2) is 5.31. The van der Waals surface area contributed by atoms with E-state index in [-0.39, 0.29) is 0 Å². The van der Waals surface area contributed by atoms with Crippen molar-refractivity contribution in [1.82, 2.24) is 5.32 Å². The van der Waals surface area contributed by atoms with Crippen LogP contribution in [-0.2, 0) is 0 Å². The Kier molecular flexibility index (Phi) is 4.04. The van der Waals surface area contributed by atoms with E-state index >= 15 is 0 Å². The highest BCUT2D eigenvalue weighted by atomic mass is 14.9. The molecule has 0 aromatic heterocycles. The fourth-order valence-electron chi connectivity index (χ4n) is 3.08. The molecule has 0 bridgehead atoms. The zero-order valence-electron chi connectivity index (χ0n) is 9.93. The molecule has 0 radical (unpaired) electrons. The SMILES string of the molecule is NCC1(CCNC2CCCCC2)CCC1. The van der Waals surface area contributed by atoms with Crippen molar-refractivity contribution in [3.63, 3.8) is 0 Å². The van der Waals surface area contributed by atoms with Gasteiger partial charge in [0, 0.05) is 6.04 Å². The number of nitrogens with one attached hydrogen (secondary N) is 1. The van der Waals surface area contributed by atoms with Crippen molar-refractivity contribution in [3.05, 3.63) is 0 Å². The molecule has 0 atom stereocenters. The fraction of sp³-hybridized carbons (Fsp3) is 1.00. The van der Waals surface area contributed by atoms with E-state index in [0.717, 1.165) is 12.6 Å². The Morgan fingerprint density at radius 2 is 1.80 bits per heavy atom. The maximum atomic E-state index is 5.86. The molecule has 2 saturated carbocycles. The molecule has 0 amide bonds. The highest BCUT2D eigenvalue weighted by molar-refractivity contribution is 4.89. The molecule has 2 nitrogen and oxygen atoms in total. The molecule has 88 valence electrons. The van der Waals surface area contributed by atoms with E-state index in [1.165, 1.54) is 64.3 Å². The van der Waals surface area contributed by atoms with Gasteiger partial charge in [0.2, 0.25) is 0 Å². The lowest BCUT2D eigenvalue weighted by molar-refractivity contribution is 0.127. The largest absolute Gasteiger partial charge is 0.330 e. The molecule has 0 aromatic rings. The number of hydrogen-bond donors (Lipinski definition) is 2. The van der Waals surface area contributed by atoms with Crippen LogP contribution in [0.1, 0.15) is 57.8 Å². The molecule has 0 aromatic carbocycles. The minimum atomic E-state index is 0.529. The van der Waals surface area contributed by atoms with E-state index in [1.807, 2.05) is 0 Å². The van der Waals surface area contributed by atoms with E-state index in [0.29, 0.717) is 5.41 Å². The Balaban J connectivity index is 1.61. The van der Waals surface area contributed by atoms with Gasteiger partial charge in [-0.1, -0.05) is 25.7 Å². The first-order valence-corrected chi connectivity index (χ1v) is 6.78. The predicted molar refractivity (Wildman–Crippen MR) is 64.8 cm³/mol. The molecule has 0 unspecified atom stereocenters. The first-order valence-electron chi connectivity index (χ1n) is 6.78. The summed E-state index contributed by atoms with van der Waals surface area (Å²) < 4.78 is 0. The van der Waals surface area contributed by atoms with Gasteiger partial charge in [-0.15, -0.1) is 0 Å². The third-order valence-corrected chi connectivity index (χ3v) is 4.54. The quantitative estimate of drug-likeness (QED) is 0.731. The van der Waals surface area contributed by atoms with Crippen molar-refractivity contribution in [2.75, 3.05) is 13.1 Å². The molecular formula is C13H26N2. The van der Waals surface area contributed by atoms with Crippen LogP contribution in [0.15, 0.2) is 0 Å². The van der Waals surface area contributed by atoms with Crippen LogP contribution < -0.4 is 11.1 Å². The third kappa shape index (κ3) is 2.94. The maximum absolute atomic E-state index is 5.86. The van der Waals surface area contributed by atoms with E-state index in [2.05, 4.69) is 5.32 Å². The number of hydrogen-bond acceptors (Lipinski definition) is 2. The molecule has 0 heterocycles. The summed E-state index contributed by atoms with van der Waals surface area (Å²) in [5.74, 6) is 0. The molecule has 2 rings (SSSR count). The molecule has 2 aliphatic rings. The maximum Gasteiger partial charge on any atom is 0.00670 e. The summed E-state index contributed by atoms with van der Waals surface area (Å²) in [7, 11) is 0. The monoisotopic (exact) mass is 210 g/mol. The normalized spacial score (nSPS) is 26.2. The number of nitrogens with two attached hydrogens (primary N) is 1. The highest BCUT2D eigenvalue weighted by Crippen LogP contribution is 2.42. The van der Waals surface area contributed by atoms with Gasteiger partial charge in [-0.05, 0) is 50.6 Å². The molecule has 0 aliphatic heterocycles. The van der Waals surface area contributed by atoms with E-state index in [1.54, 1.807) is 0 Å². The zero-order chi connectivity index (χ0) is 10.6. The molecule has 3 N–H and O–H groups in total. The van der Waals surface area contributed by atoms with Gasteiger partial charge in [0.25, 0.3) is 0 Å². The van der Waals surface area contributed by atoms with Crippen LogP contribution in [0.2, 0.25) is 0 Å². The van der Waals surface area contributed by atoms with Crippen LogP contribution in [-0.4, -0.2) is 19.1 Å². The van der Waals surface area contributed by atoms with Crippen molar-refractivity contribution < 1.29 is 0 Å². The molecule has 2 heteroatoms. The Hall–Kier alpha value is -0.0800. The van der Waals surface area contributed by atoms with Crippen molar-refractivity contribution in [3.8, 4) is 0 Å². The third-order valence-electron chi connectivity index (χ3n) is 4.54. The Bertz CT molecular complexity index is 175. The van der Waals surface area contributed by atoms with Crippen molar-refractivity contribution >= 4 is 0 Å². The summed E-state index contributed by atoms with van der Waals surface area (Å²) in [4.78, 5) is 0. The lowest BCUT2D eigenvalue weighted by Crippen LogP contribution is -2.41. The van der Waals surface area contributed by atoms with Gasteiger partial charge in [-0.25, -0.2) is 0 Å². The van der Waals surface area contributed by atoms with E-state index in [9.17, 15) is 0 Å². The topological polar surface area (TPSA) is 38.0 Å². The standard InChI is InChI=1S/C13H26N2/c14-11-13(7-4-8-13)9-10-15-12-5-2-1-3-6-12/h12,15H,1-11,14H2. The first-order chi connectivity index (χ1) is 7.35. The van der Waals surface area contributed by atoms with Crippen LogP contribution in [0, 0.1) is 5.41 Å². The fourth-order valence-corrected chi connectivity index (χ4v) is 3.08. The first kappa shape index (κ1) is 11.4. The summed E-state index contributed by atoms with van der Waals surface area (Å²) in [6.45, 7) is 2.10. The minimum Gasteiger partial charge on any atom is -0.330 e. The molecule has 2 aliphatic carbocycles. The molecule has 0 saturated heterocycles. The molecular weight excluding hydrogens is 184 g/mol. The summed E-state index contributed by atoms with van der Waals surface area (Å²) >= 11 is 0. The van der Waals surface area contributed by atoms with Gasteiger partial charge in [-0.3, -0.25) is 0 Å². The highest BCUT2D eigenvalue weighted by Gasteiger charge is 2.34. The molecule has 0 spiro atoms. The number of rotatable bonds is 5. The van der Waals surface area contributed by atoms with Gasteiger partial charge in [-0.2, -0.15) is 0 Å². The van der Waals surface area contributed by atoms with Gasteiger partial charge < -0.3 is 11.1 Å². The Labute approximate surface area is 94.0 Å². The summed E-state index contributed by atoms with van der Waals surface area (Å²) in [5.41, 5.74) is 6.39. The summed E-state index contributed by atoms with van der Waals surface area (Å²) in [5, 5.41) is 3.72. The predicted octanol–water partition coefficient (Wildman–Crippen LogP) is 2.43. The van der Waals surface area contributed by atoms with Gasteiger partial charge in [0.15, 0.2) is 0 Å². The second-order valence-electron chi connectivity index (χ2n) is 5.60. The molecule has 2 fully saturated rings. The smallest absolute Gasteiger partial charge is 0.00670 e. The van der Waals surface area contributed by atoms with E-state index < -0.39 is 0 Å². The van der Waals surface area contributed by atoms with Gasteiger partial charge in [0.05, 0.1) is 0 Å². The van der Waals surface area contributed by atoms with Crippen LogP contribution in [0.4, 0.5) is 0 Å². The zero-order valence-corrected chi connectivity index (χ0v) is 9.93. The lowest BCUT2D eigenvalue weighted by atomic mass is 9.67. The van der Waals surface area contributed by atoms with Crippen LogP contribution in [0.3, 0.4) is 0 Å². The van der Waals surface area contributed by atoms with E-state index in [4.69, 9.17) is 5.73 Å². The van der Waals surface area contributed by atoms with Crippen molar-refractivity contribution in [1.29, 1.82) is 0 Å². The van der Waals surface area contributed by atoms with Crippen LogP contribution >= 0.6 is 0 Å². The summed E-state index contributed by atoms with van der Waals surface area (Å²) in [6.07, 6.45) is 12.6. The lowest BCUT2D eigenvalue weighted by Gasteiger charge is -2.41. The average molecular weight is 210 g/mol. The minimum absolute atomic E-state index is 0.529. The van der Waals surface area contributed by atoms with Gasteiger partial charge in [0.1, 0.15) is 0 Å². The summed E-state index contributed by atoms with van der Waals surface area (Å²) in [6, 6.07) is 0.814. The Morgan fingerprint density at radius 1 is 1.07 bits per heavy atom. The second-order valence-corrected chi connectivity index (χ2v) is 5.60. The van der Waals surface area contributed by atoms with Crippen molar-refractivity contribution in [2.45, 2.75) is 63.8 Å². The average Bonchev–Trinajstić information content (AvgIpc) is 2.24. The van der Waals surface area contributed by atoms with Crippen molar-refractivity contribution in [2.24, 2.45) is 11.1 Å². The molecule has 15 heavy (non-hydrogen) atoms. The van der Waals surface area contributed by atoms with Crippen LogP contribution in [0.5, 0.6) is 0 Å². The Morgan fingerprint density at radius 3 is 2.33 bits per heavy atom.